The molecule has 1 aliphatic rings. The summed E-state index contributed by atoms with van der Waals surface area (Å²) in [6.07, 6.45) is 2.20. The minimum absolute atomic E-state index is 0.00708. The molecule has 0 aromatic heterocycles. The second-order valence-corrected chi connectivity index (χ2v) is 5.38. The van der Waals surface area contributed by atoms with E-state index >= 15 is 0 Å². The van der Waals surface area contributed by atoms with Gasteiger partial charge in [-0.05, 0) is 37.5 Å². The first-order chi connectivity index (χ1) is 10.1. The molecule has 0 spiro atoms. The van der Waals surface area contributed by atoms with Crippen LogP contribution in [0.1, 0.15) is 37.3 Å². The Labute approximate surface area is 124 Å². The third-order valence-electron chi connectivity index (χ3n) is 3.74. The summed E-state index contributed by atoms with van der Waals surface area (Å²) in [6, 6.07) is 9.31. The quantitative estimate of drug-likeness (QED) is 0.874. The third kappa shape index (κ3) is 4.32. The fraction of sp³-hybridized carbons (Fsp3) is 0.438. The molecule has 1 aromatic rings. The summed E-state index contributed by atoms with van der Waals surface area (Å²) in [5.74, 6) is 0.0398. The summed E-state index contributed by atoms with van der Waals surface area (Å²) >= 11 is 0. The second kappa shape index (κ2) is 6.89. The van der Waals surface area contributed by atoms with Crippen LogP contribution >= 0.6 is 0 Å². The van der Waals surface area contributed by atoms with Crippen molar-refractivity contribution in [3.63, 3.8) is 0 Å². The van der Waals surface area contributed by atoms with Gasteiger partial charge in [-0.1, -0.05) is 12.1 Å². The van der Waals surface area contributed by atoms with Crippen LogP contribution in [0, 0.1) is 11.3 Å². The topological polar surface area (TPSA) is 82.0 Å². The van der Waals surface area contributed by atoms with Crippen LogP contribution in [0.3, 0.4) is 0 Å². The van der Waals surface area contributed by atoms with E-state index in [4.69, 9.17) is 5.26 Å². The highest BCUT2D eigenvalue weighted by Crippen LogP contribution is 2.10. The van der Waals surface area contributed by atoms with E-state index in [-0.39, 0.29) is 23.9 Å². The number of nitrogens with zero attached hydrogens (tertiary/aromatic N) is 1. The zero-order chi connectivity index (χ0) is 15.2. The van der Waals surface area contributed by atoms with E-state index in [1.165, 1.54) is 0 Å². The van der Waals surface area contributed by atoms with Crippen LogP contribution in [-0.2, 0) is 16.0 Å². The van der Waals surface area contributed by atoms with Crippen LogP contribution in [0.15, 0.2) is 24.3 Å². The first kappa shape index (κ1) is 15.0. The number of nitrogens with one attached hydrogen (secondary N) is 2. The highest BCUT2D eigenvalue weighted by molar-refractivity contribution is 5.79. The minimum Gasteiger partial charge on any atom is -0.352 e. The lowest BCUT2D eigenvalue weighted by molar-refractivity contribution is -0.126. The van der Waals surface area contributed by atoms with Crippen LogP contribution < -0.4 is 10.6 Å². The summed E-state index contributed by atoms with van der Waals surface area (Å²) < 4.78 is 0. The Kier molecular flexibility index (Phi) is 4.94. The van der Waals surface area contributed by atoms with E-state index in [1.807, 2.05) is 19.1 Å². The number of aryl methyl sites for hydroxylation is 1. The first-order valence-corrected chi connectivity index (χ1v) is 7.16. The number of rotatable bonds is 4. The fourth-order valence-electron chi connectivity index (χ4n) is 2.44. The normalized spacial score (nSPS) is 21.2. The maximum absolute atomic E-state index is 12.0. The maximum Gasteiger partial charge on any atom is 0.220 e. The van der Waals surface area contributed by atoms with Gasteiger partial charge < -0.3 is 10.6 Å². The van der Waals surface area contributed by atoms with Crippen molar-refractivity contribution in [2.24, 2.45) is 0 Å². The maximum atomic E-state index is 12.0. The fourth-order valence-corrected chi connectivity index (χ4v) is 2.44. The molecule has 1 aliphatic heterocycles. The summed E-state index contributed by atoms with van der Waals surface area (Å²) in [4.78, 5) is 23.2. The van der Waals surface area contributed by atoms with E-state index in [0.29, 0.717) is 31.2 Å². The Bertz CT molecular complexity index is 560. The number of carbonyl (C=O) groups is 2. The predicted octanol–water partition coefficient (Wildman–Crippen LogP) is 1.27. The molecular formula is C16H19N3O2. The molecule has 1 fully saturated rings. The van der Waals surface area contributed by atoms with Gasteiger partial charge in [0.1, 0.15) is 0 Å². The van der Waals surface area contributed by atoms with Gasteiger partial charge in [0.05, 0.1) is 11.6 Å². The summed E-state index contributed by atoms with van der Waals surface area (Å²) in [5.41, 5.74) is 1.66. The van der Waals surface area contributed by atoms with Crippen LogP contribution in [0.25, 0.3) is 0 Å². The van der Waals surface area contributed by atoms with Crippen LogP contribution in [0.2, 0.25) is 0 Å². The summed E-state index contributed by atoms with van der Waals surface area (Å²) in [6.45, 7) is 1.91. The average Bonchev–Trinajstić information content (AvgIpc) is 2.48. The van der Waals surface area contributed by atoms with Crippen molar-refractivity contribution in [1.29, 1.82) is 5.26 Å². The Morgan fingerprint density at radius 1 is 1.43 bits per heavy atom. The molecule has 2 unspecified atom stereocenters. The monoisotopic (exact) mass is 285 g/mol. The number of benzene rings is 1. The molecule has 5 heteroatoms. The number of hydrogen-bond donors (Lipinski definition) is 2. The van der Waals surface area contributed by atoms with Crippen LogP contribution in [-0.4, -0.2) is 23.9 Å². The van der Waals surface area contributed by atoms with Crippen molar-refractivity contribution in [3.8, 4) is 6.07 Å². The molecule has 21 heavy (non-hydrogen) atoms. The summed E-state index contributed by atoms with van der Waals surface area (Å²) in [7, 11) is 0. The largest absolute Gasteiger partial charge is 0.352 e. The van der Waals surface area contributed by atoms with Crippen molar-refractivity contribution in [3.05, 3.63) is 35.4 Å². The van der Waals surface area contributed by atoms with E-state index in [1.54, 1.807) is 12.1 Å². The van der Waals surface area contributed by atoms with E-state index in [9.17, 15) is 9.59 Å². The lowest BCUT2D eigenvalue weighted by Crippen LogP contribution is -2.53. The Morgan fingerprint density at radius 2 is 2.14 bits per heavy atom. The molecule has 1 heterocycles. The molecule has 2 atom stereocenters. The predicted molar refractivity (Wildman–Crippen MR) is 78.2 cm³/mol. The first-order valence-electron chi connectivity index (χ1n) is 7.16. The molecule has 110 valence electrons. The Hall–Kier alpha value is -2.35. The van der Waals surface area contributed by atoms with Gasteiger partial charge in [-0.2, -0.15) is 5.26 Å². The lowest BCUT2D eigenvalue weighted by atomic mass is 9.99. The van der Waals surface area contributed by atoms with Crippen molar-refractivity contribution in [2.75, 3.05) is 0 Å². The molecule has 2 rings (SSSR count). The van der Waals surface area contributed by atoms with Crippen molar-refractivity contribution < 1.29 is 9.59 Å². The Balaban J connectivity index is 1.79. The zero-order valence-corrected chi connectivity index (χ0v) is 12.1. The highest BCUT2D eigenvalue weighted by Gasteiger charge is 2.26. The molecule has 2 N–H and O–H groups in total. The Morgan fingerprint density at radius 3 is 2.76 bits per heavy atom. The number of amides is 2. The second-order valence-electron chi connectivity index (χ2n) is 5.38. The van der Waals surface area contributed by atoms with Crippen molar-refractivity contribution in [2.45, 2.75) is 44.7 Å². The van der Waals surface area contributed by atoms with E-state index in [0.717, 1.165) is 5.56 Å². The minimum atomic E-state index is -0.0230. The molecule has 1 saturated heterocycles. The summed E-state index contributed by atoms with van der Waals surface area (Å²) in [5, 5.41) is 14.5. The molecule has 0 bridgehead atoms. The van der Waals surface area contributed by atoms with Crippen LogP contribution in [0.5, 0.6) is 0 Å². The van der Waals surface area contributed by atoms with Gasteiger partial charge in [0.15, 0.2) is 0 Å². The SMILES string of the molecule is CC1NC(=O)CCC1NC(=O)CCc1ccc(C#N)cc1. The van der Waals surface area contributed by atoms with Crippen molar-refractivity contribution in [1.82, 2.24) is 10.6 Å². The molecular weight excluding hydrogens is 266 g/mol. The van der Waals surface area contributed by atoms with Gasteiger partial charge in [0, 0.05) is 24.9 Å². The lowest BCUT2D eigenvalue weighted by Gasteiger charge is -2.30. The molecule has 1 aromatic carbocycles. The smallest absolute Gasteiger partial charge is 0.220 e. The van der Waals surface area contributed by atoms with Gasteiger partial charge in [0.2, 0.25) is 11.8 Å². The van der Waals surface area contributed by atoms with Crippen molar-refractivity contribution >= 4 is 11.8 Å². The van der Waals surface area contributed by atoms with Crippen LogP contribution in [0.4, 0.5) is 0 Å². The van der Waals surface area contributed by atoms with Gasteiger partial charge in [0.25, 0.3) is 0 Å². The number of piperidine rings is 1. The average molecular weight is 285 g/mol. The molecule has 2 amide bonds. The molecule has 0 saturated carbocycles. The molecule has 0 radical (unpaired) electrons. The van der Waals surface area contributed by atoms with E-state index < -0.39 is 0 Å². The molecule has 5 nitrogen and oxygen atoms in total. The number of carbonyl (C=O) groups excluding carboxylic acids is 2. The third-order valence-corrected chi connectivity index (χ3v) is 3.74. The standard InChI is InChI=1S/C16H19N3O2/c1-11-14(7-9-15(20)18-11)19-16(21)8-6-12-2-4-13(10-17)5-3-12/h2-5,11,14H,6-9H2,1H3,(H,18,20)(H,19,21). The van der Waals surface area contributed by atoms with E-state index in [2.05, 4.69) is 16.7 Å². The van der Waals surface area contributed by atoms with Gasteiger partial charge in [-0.25, -0.2) is 0 Å². The number of nitriles is 1. The van der Waals surface area contributed by atoms with Gasteiger partial charge >= 0.3 is 0 Å². The van der Waals surface area contributed by atoms with Gasteiger partial charge in [-0.15, -0.1) is 0 Å². The number of hydrogen-bond acceptors (Lipinski definition) is 3. The highest BCUT2D eigenvalue weighted by atomic mass is 16.2. The molecule has 0 aliphatic carbocycles. The zero-order valence-electron chi connectivity index (χ0n) is 12.1. The van der Waals surface area contributed by atoms with Gasteiger partial charge in [-0.3, -0.25) is 9.59 Å².